The molecule has 5 rings (SSSR count). The summed E-state index contributed by atoms with van der Waals surface area (Å²) in [6, 6.07) is 8.92. The summed E-state index contributed by atoms with van der Waals surface area (Å²) in [4.78, 5) is 25.5. The highest BCUT2D eigenvalue weighted by Crippen LogP contribution is 2.40. The number of ketones is 1. The van der Waals surface area contributed by atoms with Crippen LogP contribution < -0.4 is 10.4 Å². The van der Waals surface area contributed by atoms with Crippen LogP contribution in [0, 0.1) is 0 Å². The van der Waals surface area contributed by atoms with Gasteiger partial charge in [-0.15, -0.1) is 0 Å². The van der Waals surface area contributed by atoms with Crippen LogP contribution in [0.25, 0.3) is 16.4 Å². The molecule has 1 aliphatic carbocycles. The van der Waals surface area contributed by atoms with Gasteiger partial charge >= 0.3 is 5.69 Å². The summed E-state index contributed by atoms with van der Waals surface area (Å²) in [5.74, 6) is -0.434. The molecule has 7 heteroatoms. The van der Waals surface area contributed by atoms with Crippen LogP contribution in [-0.4, -0.2) is 34.8 Å². The number of fused-ring (bicyclic) bond motifs is 6. The molecule has 3 heterocycles. The van der Waals surface area contributed by atoms with Crippen molar-refractivity contribution in [2.24, 2.45) is 0 Å². The predicted octanol–water partition coefficient (Wildman–Crippen LogP) is 2.21. The first-order valence-corrected chi connectivity index (χ1v) is 8.71. The van der Waals surface area contributed by atoms with Gasteiger partial charge in [0.1, 0.15) is 11.8 Å². The second kappa shape index (κ2) is 5.55. The fourth-order valence-electron chi connectivity index (χ4n) is 4.16. The summed E-state index contributed by atoms with van der Waals surface area (Å²) >= 11 is 0. The van der Waals surface area contributed by atoms with Gasteiger partial charge in [-0.2, -0.15) is 0 Å². The minimum absolute atomic E-state index is 0.0572. The van der Waals surface area contributed by atoms with Crippen molar-refractivity contribution >= 4 is 22.2 Å². The molecular formula is C20H18N2O5. The number of hydrogen-bond acceptors (Lipinski definition) is 5. The molecule has 1 aromatic carbocycles. The van der Waals surface area contributed by atoms with Gasteiger partial charge in [0.25, 0.3) is 0 Å². The van der Waals surface area contributed by atoms with Crippen LogP contribution in [0.1, 0.15) is 18.2 Å². The Kier molecular flexibility index (Phi) is 3.35. The minimum Gasteiger partial charge on any atom is -0.497 e. The molecule has 2 aromatic heterocycles. The number of carbonyl (C=O) groups excluding carboxylic acids is 1. The lowest BCUT2D eigenvalue weighted by Crippen LogP contribution is -2.52. The van der Waals surface area contributed by atoms with E-state index in [0.29, 0.717) is 0 Å². The minimum atomic E-state index is -1.11. The van der Waals surface area contributed by atoms with Gasteiger partial charge in [-0.1, -0.05) is 0 Å². The molecule has 0 amide bonds. The molecule has 0 bridgehead atoms. The largest absolute Gasteiger partial charge is 0.497 e. The maximum Gasteiger partial charge on any atom is 0.333 e. The molecule has 0 saturated carbocycles. The Balaban J connectivity index is 1.82. The highest BCUT2D eigenvalue weighted by molar-refractivity contribution is 5.91. The average molecular weight is 366 g/mol. The number of nitrogens with zero attached hydrogens (tertiary/aromatic N) is 2. The molecule has 27 heavy (non-hydrogen) atoms. The zero-order chi connectivity index (χ0) is 18.8. The topological polar surface area (TPSA) is 71.2 Å². The van der Waals surface area contributed by atoms with Crippen molar-refractivity contribution in [3.63, 3.8) is 0 Å². The van der Waals surface area contributed by atoms with Crippen LogP contribution in [0.5, 0.6) is 5.75 Å². The number of hydrogen-bond donors (Lipinski definition) is 0. The van der Waals surface area contributed by atoms with Gasteiger partial charge in [-0.05, 0) is 42.5 Å². The molecule has 7 nitrogen and oxygen atoms in total. The third kappa shape index (κ3) is 2.15. The van der Waals surface area contributed by atoms with Crippen molar-refractivity contribution in [3.8, 4) is 5.75 Å². The Labute approximate surface area is 154 Å². The van der Waals surface area contributed by atoms with Crippen molar-refractivity contribution in [2.75, 3.05) is 14.2 Å². The highest BCUT2D eigenvalue weighted by Gasteiger charge is 2.47. The van der Waals surface area contributed by atoms with Gasteiger partial charge in [0.2, 0.25) is 5.79 Å². The Hall–Kier alpha value is -2.90. The van der Waals surface area contributed by atoms with Crippen LogP contribution in [0.4, 0.5) is 0 Å². The van der Waals surface area contributed by atoms with E-state index in [9.17, 15) is 9.59 Å². The summed E-state index contributed by atoms with van der Waals surface area (Å²) in [5, 5.41) is 0.910. The zero-order valence-corrected chi connectivity index (χ0v) is 15.0. The van der Waals surface area contributed by atoms with Crippen molar-refractivity contribution in [3.05, 3.63) is 58.7 Å². The van der Waals surface area contributed by atoms with E-state index in [1.807, 2.05) is 30.3 Å². The van der Waals surface area contributed by atoms with Gasteiger partial charge < -0.3 is 14.2 Å². The quantitative estimate of drug-likeness (QED) is 0.695. The van der Waals surface area contributed by atoms with Crippen LogP contribution in [-0.2, 0) is 20.9 Å². The van der Waals surface area contributed by atoms with E-state index in [1.165, 1.54) is 13.2 Å². The Bertz CT molecular complexity index is 1190. The summed E-state index contributed by atoms with van der Waals surface area (Å²) in [7, 11) is 3.14. The Morgan fingerprint density at radius 1 is 1.19 bits per heavy atom. The lowest BCUT2D eigenvalue weighted by atomic mass is 9.92. The van der Waals surface area contributed by atoms with E-state index in [0.717, 1.165) is 27.9 Å². The van der Waals surface area contributed by atoms with E-state index in [1.54, 1.807) is 22.2 Å². The van der Waals surface area contributed by atoms with Crippen LogP contribution in [0.15, 0.2) is 47.3 Å². The molecule has 0 unspecified atom stereocenters. The number of methoxy groups -OCH3 is 2. The molecule has 138 valence electrons. The number of ether oxygens (including phenoxy) is 3. The number of benzene rings is 1. The first-order valence-electron chi connectivity index (χ1n) is 8.71. The third-order valence-electron chi connectivity index (χ3n) is 5.50. The van der Waals surface area contributed by atoms with E-state index in [2.05, 4.69) is 0 Å². The third-order valence-corrected chi connectivity index (χ3v) is 5.50. The molecule has 1 aliphatic heterocycles. The fourth-order valence-corrected chi connectivity index (χ4v) is 4.16. The molecule has 0 radical (unpaired) electrons. The summed E-state index contributed by atoms with van der Waals surface area (Å²) in [5.41, 5.74) is 2.09. The molecule has 0 fully saturated rings. The SMILES string of the molecule is COc1ccc2c(c1)cc1cc3n(c(=O)n12)[C@@H]1CC(=O)C=C[C@]1(OC)OC3. The molecule has 0 spiro atoms. The van der Waals surface area contributed by atoms with E-state index < -0.39 is 11.8 Å². The monoisotopic (exact) mass is 366 g/mol. The Morgan fingerprint density at radius 2 is 2.04 bits per heavy atom. The van der Waals surface area contributed by atoms with Crippen LogP contribution >= 0.6 is 0 Å². The summed E-state index contributed by atoms with van der Waals surface area (Å²) in [6.45, 7) is 0.222. The molecular weight excluding hydrogens is 348 g/mol. The number of rotatable bonds is 2. The smallest absolute Gasteiger partial charge is 0.333 e. The maximum atomic E-state index is 13.5. The van der Waals surface area contributed by atoms with E-state index in [-0.39, 0.29) is 24.5 Å². The molecule has 2 atom stereocenters. The van der Waals surface area contributed by atoms with Crippen LogP contribution in [0.2, 0.25) is 0 Å². The van der Waals surface area contributed by atoms with Crippen LogP contribution in [0.3, 0.4) is 0 Å². The fraction of sp³-hybridized carbons (Fsp3) is 0.300. The van der Waals surface area contributed by atoms with Gasteiger partial charge in [-0.3, -0.25) is 13.8 Å². The van der Waals surface area contributed by atoms with E-state index in [4.69, 9.17) is 14.2 Å². The second-order valence-corrected chi connectivity index (χ2v) is 6.85. The number of carbonyl (C=O) groups is 1. The van der Waals surface area contributed by atoms with Crippen molar-refractivity contribution in [1.29, 1.82) is 0 Å². The summed E-state index contributed by atoms with van der Waals surface area (Å²) in [6.07, 6.45) is 3.23. The van der Waals surface area contributed by atoms with Crippen molar-refractivity contribution in [2.45, 2.75) is 24.9 Å². The second-order valence-electron chi connectivity index (χ2n) is 6.85. The Morgan fingerprint density at radius 3 is 2.81 bits per heavy atom. The van der Waals surface area contributed by atoms with E-state index >= 15 is 0 Å². The molecule has 0 saturated heterocycles. The van der Waals surface area contributed by atoms with Crippen molar-refractivity contribution < 1.29 is 19.0 Å². The first-order chi connectivity index (χ1) is 13.1. The lowest BCUT2D eigenvalue weighted by Gasteiger charge is -2.43. The van der Waals surface area contributed by atoms with Gasteiger partial charge in [0.15, 0.2) is 5.78 Å². The summed E-state index contributed by atoms with van der Waals surface area (Å²) < 4.78 is 20.2. The zero-order valence-electron chi connectivity index (χ0n) is 15.0. The molecule has 2 aliphatic rings. The average Bonchev–Trinajstić information content (AvgIpc) is 3.05. The lowest BCUT2D eigenvalue weighted by molar-refractivity contribution is -0.239. The number of aromatic nitrogens is 2. The maximum absolute atomic E-state index is 13.5. The predicted molar refractivity (Wildman–Crippen MR) is 98.0 cm³/mol. The van der Waals surface area contributed by atoms with Gasteiger partial charge in [0.05, 0.1) is 30.4 Å². The highest BCUT2D eigenvalue weighted by atomic mass is 16.7. The number of allylic oxidation sites excluding steroid dienone is 1. The molecule has 0 N–H and O–H groups in total. The molecule has 3 aromatic rings. The van der Waals surface area contributed by atoms with Crippen molar-refractivity contribution in [1.82, 2.24) is 8.97 Å². The first kappa shape index (κ1) is 16.3. The standard InChI is InChI=1S/C20H18N2O5/c1-25-16-3-4-17-12(8-16)7-13-9-14-11-27-20(26-2)6-5-15(23)10-18(20)22(14)19(24)21(13)17/h3-9,18H,10-11H2,1-2H3/t18-,20+/m1/s1. The normalized spacial score (nSPS) is 24.2. The van der Waals surface area contributed by atoms with Gasteiger partial charge in [0, 0.05) is 18.9 Å². The van der Waals surface area contributed by atoms with Gasteiger partial charge in [-0.25, -0.2) is 4.79 Å².